The van der Waals surface area contributed by atoms with Crippen LogP contribution in [-0.4, -0.2) is 10.7 Å². The van der Waals surface area contributed by atoms with E-state index >= 15 is 0 Å². The molecule has 0 fully saturated rings. The first-order valence-corrected chi connectivity index (χ1v) is 4.22. The van der Waals surface area contributed by atoms with Gasteiger partial charge in [-0.3, -0.25) is 0 Å². The van der Waals surface area contributed by atoms with Crippen molar-refractivity contribution in [3.63, 3.8) is 0 Å². The van der Waals surface area contributed by atoms with Crippen LogP contribution in [0.1, 0.15) is 18.9 Å². The standard InChI is InChI=1S/C8H9BrN2/c1-2-7(10)6-3-4-11-8(9)5-6/h3-5,10H,2H2,1H3. The highest BCUT2D eigenvalue weighted by molar-refractivity contribution is 9.10. The zero-order chi connectivity index (χ0) is 8.27. The van der Waals surface area contributed by atoms with Crippen molar-refractivity contribution in [1.29, 1.82) is 5.41 Å². The Balaban J connectivity index is 2.96. The van der Waals surface area contributed by atoms with Gasteiger partial charge in [0, 0.05) is 11.9 Å². The molecule has 3 heteroatoms. The van der Waals surface area contributed by atoms with Gasteiger partial charge in [-0.25, -0.2) is 4.98 Å². The topological polar surface area (TPSA) is 36.7 Å². The van der Waals surface area contributed by atoms with Crippen LogP contribution in [0.2, 0.25) is 0 Å². The molecule has 0 aliphatic heterocycles. The van der Waals surface area contributed by atoms with Crippen LogP contribution in [0.5, 0.6) is 0 Å². The monoisotopic (exact) mass is 212 g/mol. The summed E-state index contributed by atoms with van der Waals surface area (Å²) in [6, 6.07) is 3.70. The Morgan fingerprint density at radius 3 is 3.00 bits per heavy atom. The molecule has 1 rings (SSSR count). The van der Waals surface area contributed by atoms with Crippen molar-refractivity contribution >= 4 is 21.6 Å². The molecule has 0 saturated carbocycles. The molecule has 0 unspecified atom stereocenters. The molecule has 0 radical (unpaired) electrons. The molecule has 0 aliphatic rings. The molecule has 11 heavy (non-hydrogen) atoms. The Morgan fingerprint density at radius 2 is 2.45 bits per heavy atom. The fraction of sp³-hybridized carbons (Fsp3) is 0.250. The van der Waals surface area contributed by atoms with Crippen LogP contribution in [-0.2, 0) is 0 Å². The molecular weight excluding hydrogens is 204 g/mol. The quantitative estimate of drug-likeness (QED) is 0.594. The number of pyridine rings is 1. The van der Waals surface area contributed by atoms with E-state index in [-0.39, 0.29) is 0 Å². The van der Waals surface area contributed by atoms with Crippen LogP contribution in [0.3, 0.4) is 0 Å². The number of hydrogen-bond donors (Lipinski definition) is 1. The van der Waals surface area contributed by atoms with E-state index in [1.54, 1.807) is 6.20 Å². The Morgan fingerprint density at radius 1 is 1.73 bits per heavy atom. The van der Waals surface area contributed by atoms with E-state index < -0.39 is 0 Å². The van der Waals surface area contributed by atoms with Gasteiger partial charge >= 0.3 is 0 Å². The van der Waals surface area contributed by atoms with Gasteiger partial charge in [-0.2, -0.15) is 0 Å². The van der Waals surface area contributed by atoms with Gasteiger partial charge in [0.25, 0.3) is 0 Å². The van der Waals surface area contributed by atoms with Crippen LogP contribution in [0, 0.1) is 5.41 Å². The maximum atomic E-state index is 7.53. The van der Waals surface area contributed by atoms with Crippen LogP contribution in [0.4, 0.5) is 0 Å². The lowest BCUT2D eigenvalue weighted by Crippen LogP contribution is -1.96. The molecule has 0 aromatic carbocycles. The third-order valence-corrected chi connectivity index (χ3v) is 1.86. The molecule has 58 valence electrons. The summed E-state index contributed by atoms with van der Waals surface area (Å²) in [6.07, 6.45) is 2.46. The molecule has 0 amide bonds. The summed E-state index contributed by atoms with van der Waals surface area (Å²) < 4.78 is 0.785. The van der Waals surface area contributed by atoms with Crippen LogP contribution in [0.15, 0.2) is 22.9 Å². The second-order valence-corrected chi connectivity index (χ2v) is 3.01. The molecule has 0 aliphatic carbocycles. The average Bonchev–Trinajstić information content (AvgIpc) is 2.03. The van der Waals surface area contributed by atoms with Crippen molar-refractivity contribution < 1.29 is 0 Å². The van der Waals surface area contributed by atoms with E-state index in [4.69, 9.17) is 5.41 Å². The van der Waals surface area contributed by atoms with Crippen LogP contribution in [0.25, 0.3) is 0 Å². The molecule has 2 nitrogen and oxygen atoms in total. The smallest absolute Gasteiger partial charge is 0.106 e. The van der Waals surface area contributed by atoms with E-state index in [0.717, 1.165) is 16.6 Å². The van der Waals surface area contributed by atoms with Gasteiger partial charge < -0.3 is 5.41 Å². The highest BCUT2D eigenvalue weighted by atomic mass is 79.9. The summed E-state index contributed by atoms with van der Waals surface area (Å²) in [5, 5.41) is 7.53. The predicted molar refractivity (Wildman–Crippen MR) is 49.1 cm³/mol. The van der Waals surface area contributed by atoms with Gasteiger partial charge in [0.1, 0.15) is 4.60 Å². The molecular formula is C8H9BrN2. The van der Waals surface area contributed by atoms with Crippen molar-refractivity contribution in [2.75, 3.05) is 0 Å². The van der Waals surface area contributed by atoms with Gasteiger partial charge in [0.05, 0.1) is 0 Å². The second kappa shape index (κ2) is 3.62. The van der Waals surface area contributed by atoms with E-state index in [1.165, 1.54) is 0 Å². The zero-order valence-corrected chi connectivity index (χ0v) is 7.85. The van der Waals surface area contributed by atoms with E-state index in [1.807, 2.05) is 19.1 Å². The fourth-order valence-corrected chi connectivity index (χ4v) is 1.16. The number of aromatic nitrogens is 1. The average molecular weight is 213 g/mol. The Hall–Kier alpha value is -0.700. The summed E-state index contributed by atoms with van der Waals surface area (Å²) in [6.45, 7) is 1.97. The lowest BCUT2D eigenvalue weighted by molar-refractivity contribution is 1.21. The molecule has 0 atom stereocenters. The molecule has 0 spiro atoms. The SMILES string of the molecule is CCC(=N)c1ccnc(Br)c1. The molecule has 1 heterocycles. The van der Waals surface area contributed by atoms with Crippen LogP contribution >= 0.6 is 15.9 Å². The Bertz CT molecular complexity index is 271. The zero-order valence-electron chi connectivity index (χ0n) is 6.26. The fourth-order valence-electron chi connectivity index (χ4n) is 0.794. The first-order chi connectivity index (χ1) is 5.24. The predicted octanol–water partition coefficient (Wildman–Crippen LogP) is 2.62. The van der Waals surface area contributed by atoms with Gasteiger partial charge in [0.2, 0.25) is 0 Å². The minimum Gasteiger partial charge on any atom is -0.305 e. The Kier molecular flexibility index (Phi) is 2.76. The summed E-state index contributed by atoms with van der Waals surface area (Å²) in [5.74, 6) is 0. The summed E-state index contributed by atoms with van der Waals surface area (Å²) in [7, 11) is 0. The Labute approximate surface area is 74.3 Å². The molecule has 1 aromatic rings. The van der Waals surface area contributed by atoms with Crippen molar-refractivity contribution in [2.45, 2.75) is 13.3 Å². The van der Waals surface area contributed by atoms with Crippen molar-refractivity contribution in [1.82, 2.24) is 4.98 Å². The first-order valence-electron chi connectivity index (χ1n) is 3.43. The number of nitrogens with zero attached hydrogens (tertiary/aromatic N) is 1. The summed E-state index contributed by atoms with van der Waals surface area (Å²) in [5.41, 5.74) is 1.59. The normalized spacial score (nSPS) is 9.64. The first kappa shape index (κ1) is 8.40. The number of hydrogen-bond acceptors (Lipinski definition) is 2. The lowest BCUT2D eigenvalue weighted by atomic mass is 10.1. The summed E-state index contributed by atoms with van der Waals surface area (Å²) >= 11 is 3.25. The maximum Gasteiger partial charge on any atom is 0.106 e. The maximum absolute atomic E-state index is 7.53. The number of halogens is 1. The minimum atomic E-state index is 0.646. The van der Waals surface area contributed by atoms with Crippen molar-refractivity contribution in [3.05, 3.63) is 28.5 Å². The van der Waals surface area contributed by atoms with E-state index in [9.17, 15) is 0 Å². The lowest BCUT2D eigenvalue weighted by Gasteiger charge is -1.99. The highest BCUT2D eigenvalue weighted by Crippen LogP contribution is 2.09. The second-order valence-electron chi connectivity index (χ2n) is 2.20. The van der Waals surface area contributed by atoms with Gasteiger partial charge in [-0.15, -0.1) is 0 Å². The van der Waals surface area contributed by atoms with E-state index in [2.05, 4.69) is 20.9 Å². The molecule has 1 aromatic heterocycles. The number of nitrogens with one attached hydrogen (secondary N) is 1. The minimum absolute atomic E-state index is 0.646. The molecule has 0 bridgehead atoms. The third-order valence-electron chi connectivity index (χ3n) is 1.43. The largest absolute Gasteiger partial charge is 0.305 e. The van der Waals surface area contributed by atoms with Crippen molar-refractivity contribution in [3.8, 4) is 0 Å². The van der Waals surface area contributed by atoms with Gasteiger partial charge in [-0.1, -0.05) is 6.92 Å². The van der Waals surface area contributed by atoms with Crippen molar-refractivity contribution in [2.24, 2.45) is 0 Å². The van der Waals surface area contributed by atoms with Gasteiger partial charge in [-0.05, 0) is 40.0 Å². The molecule has 0 saturated heterocycles. The summed E-state index contributed by atoms with van der Waals surface area (Å²) in [4.78, 5) is 3.98. The molecule has 1 N–H and O–H groups in total. The third kappa shape index (κ3) is 2.12. The number of rotatable bonds is 2. The van der Waals surface area contributed by atoms with Gasteiger partial charge in [0.15, 0.2) is 0 Å². The highest BCUT2D eigenvalue weighted by Gasteiger charge is 1.98. The van der Waals surface area contributed by atoms with Crippen LogP contribution < -0.4 is 0 Å². The van der Waals surface area contributed by atoms with E-state index in [0.29, 0.717) is 5.71 Å².